The van der Waals surface area contributed by atoms with E-state index in [1.807, 2.05) is 27.7 Å². The molecule has 0 saturated carbocycles. The molecular formula is C27H30O6S2. The van der Waals surface area contributed by atoms with Gasteiger partial charge in [0.25, 0.3) is 0 Å². The highest BCUT2D eigenvalue weighted by Crippen LogP contribution is 2.23. The van der Waals surface area contributed by atoms with Crippen molar-refractivity contribution in [3.05, 3.63) is 95.1 Å². The second kappa shape index (κ2) is 12.0. The lowest BCUT2D eigenvalue weighted by Gasteiger charge is -2.17. The molecule has 0 saturated heterocycles. The van der Waals surface area contributed by atoms with Crippen LogP contribution in [0, 0.1) is 19.8 Å². The van der Waals surface area contributed by atoms with E-state index in [1.54, 1.807) is 24.3 Å². The smallest absolute Gasteiger partial charge is 0.179 e. The van der Waals surface area contributed by atoms with Crippen molar-refractivity contribution in [2.24, 2.45) is 5.92 Å². The van der Waals surface area contributed by atoms with Crippen molar-refractivity contribution >= 4 is 31.7 Å². The molecule has 0 aliphatic heterocycles. The molecule has 3 rings (SSSR count). The minimum atomic E-state index is -3.94. The lowest BCUT2D eigenvalue weighted by molar-refractivity contribution is 0.0941. The third-order valence-corrected chi connectivity index (χ3v) is 8.97. The van der Waals surface area contributed by atoms with E-state index >= 15 is 0 Å². The Hall–Kier alpha value is -3.10. The molecule has 0 aliphatic rings. The Labute approximate surface area is 207 Å². The summed E-state index contributed by atoms with van der Waals surface area (Å²) < 4.78 is 52.3. The van der Waals surface area contributed by atoms with Gasteiger partial charge in [-0.3, -0.25) is 9.59 Å². The maximum absolute atomic E-state index is 13.3. The standard InChI is InChI=1S/C25H24O6S2.C2H6/c1-18-3-11-23(12-4-18)32(28,29)16-22(25(27)21-9-7-20(15-26)8-10-21)17-33(30,31)24-13-5-19(2)6-14-24;1-2/h3-15,22H,16-17H2,1-2H3;1-2H3. The third kappa shape index (κ3) is 7.44. The van der Waals surface area contributed by atoms with Crippen LogP contribution in [0.5, 0.6) is 0 Å². The first-order valence-corrected chi connectivity index (χ1v) is 14.5. The van der Waals surface area contributed by atoms with Crippen molar-refractivity contribution in [3.63, 3.8) is 0 Å². The summed E-state index contributed by atoms with van der Waals surface area (Å²) in [7, 11) is -7.89. The summed E-state index contributed by atoms with van der Waals surface area (Å²) in [6.07, 6.45) is 0.620. The summed E-state index contributed by atoms with van der Waals surface area (Å²) >= 11 is 0. The number of carbonyl (C=O) groups is 2. The number of benzene rings is 3. The van der Waals surface area contributed by atoms with Crippen LogP contribution in [-0.2, 0) is 19.7 Å². The average molecular weight is 515 g/mol. The van der Waals surface area contributed by atoms with Crippen molar-refractivity contribution in [1.29, 1.82) is 0 Å². The highest BCUT2D eigenvalue weighted by molar-refractivity contribution is 7.92. The molecule has 0 atom stereocenters. The van der Waals surface area contributed by atoms with Gasteiger partial charge in [-0.1, -0.05) is 73.5 Å². The van der Waals surface area contributed by atoms with Crippen LogP contribution >= 0.6 is 0 Å². The van der Waals surface area contributed by atoms with Gasteiger partial charge in [0.1, 0.15) is 6.29 Å². The maximum Gasteiger partial charge on any atom is 0.179 e. The summed E-state index contributed by atoms with van der Waals surface area (Å²) in [6.45, 7) is 7.64. The molecule has 6 nitrogen and oxygen atoms in total. The molecule has 0 aromatic heterocycles. The summed E-state index contributed by atoms with van der Waals surface area (Å²) in [5.74, 6) is -3.26. The van der Waals surface area contributed by atoms with Crippen LogP contribution in [0.4, 0.5) is 0 Å². The van der Waals surface area contributed by atoms with Gasteiger partial charge in [0, 0.05) is 11.1 Å². The Morgan fingerprint density at radius 2 is 1.06 bits per heavy atom. The van der Waals surface area contributed by atoms with E-state index < -0.39 is 42.9 Å². The predicted molar refractivity (Wildman–Crippen MR) is 137 cm³/mol. The molecule has 0 spiro atoms. The summed E-state index contributed by atoms with van der Waals surface area (Å²) in [6, 6.07) is 18.0. The molecule has 35 heavy (non-hydrogen) atoms. The number of Topliss-reactive ketones (excluding diaryl/α,β-unsaturated/α-hetero) is 1. The van der Waals surface area contributed by atoms with Gasteiger partial charge in [-0.25, -0.2) is 16.8 Å². The molecule has 3 aromatic rings. The third-order valence-electron chi connectivity index (χ3n) is 5.30. The van der Waals surface area contributed by atoms with Crippen LogP contribution in [0.15, 0.2) is 82.6 Å². The molecule has 0 amide bonds. The first-order valence-electron chi connectivity index (χ1n) is 11.2. The second-order valence-corrected chi connectivity index (χ2v) is 12.1. The fourth-order valence-electron chi connectivity index (χ4n) is 3.37. The van der Waals surface area contributed by atoms with Crippen molar-refractivity contribution in [1.82, 2.24) is 0 Å². The van der Waals surface area contributed by atoms with Crippen LogP contribution in [0.1, 0.15) is 45.7 Å². The van der Waals surface area contributed by atoms with E-state index in [9.17, 15) is 26.4 Å². The molecule has 0 N–H and O–H groups in total. The fourth-order valence-corrected chi connectivity index (χ4v) is 6.61. The summed E-state index contributed by atoms with van der Waals surface area (Å²) in [5.41, 5.74) is 2.24. The first kappa shape index (κ1) is 28.1. The first-order chi connectivity index (χ1) is 16.5. The predicted octanol–water partition coefficient (Wildman–Crippen LogP) is 4.89. The van der Waals surface area contributed by atoms with E-state index in [1.165, 1.54) is 48.5 Å². The molecule has 3 aromatic carbocycles. The minimum Gasteiger partial charge on any atom is -0.298 e. The van der Waals surface area contributed by atoms with Gasteiger partial charge in [0.05, 0.1) is 27.2 Å². The van der Waals surface area contributed by atoms with Gasteiger partial charge in [-0.05, 0) is 38.1 Å². The summed E-state index contributed by atoms with van der Waals surface area (Å²) in [4.78, 5) is 24.2. The highest BCUT2D eigenvalue weighted by Gasteiger charge is 2.32. The number of aryl methyl sites for hydroxylation is 2. The van der Waals surface area contributed by atoms with Crippen molar-refractivity contribution < 1.29 is 26.4 Å². The fraction of sp³-hybridized carbons (Fsp3) is 0.259. The van der Waals surface area contributed by atoms with Crippen LogP contribution < -0.4 is 0 Å². The molecule has 0 fully saturated rings. The lowest BCUT2D eigenvalue weighted by Crippen LogP contribution is -2.31. The maximum atomic E-state index is 13.3. The van der Waals surface area contributed by atoms with Gasteiger partial charge in [0.15, 0.2) is 25.5 Å². The molecule has 0 radical (unpaired) electrons. The molecular weight excluding hydrogens is 484 g/mol. The Bertz CT molecular complexity index is 1280. The average Bonchev–Trinajstić information content (AvgIpc) is 2.85. The lowest BCUT2D eigenvalue weighted by atomic mass is 10.00. The molecule has 186 valence electrons. The summed E-state index contributed by atoms with van der Waals surface area (Å²) in [5, 5.41) is 0. The quantitative estimate of drug-likeness (QED) is 0.298. The van der Waals surface area contributed by atoms with Crippen LogP contribution in [0.2, 0.25) is 0 Å². The number of hydrogen-bond donors (Lipinski definition) is 0. The number of carbonyl (C=O) groups excluding carboxylic acids is 2. The molecule has 0 heterocycles. The second-order valence-electron chi connectivity index (χ2n) is 7.99. The Balaban J connectivity index is 0.00000210. The zero-order chi connectivity index (χ0) is 26.2. The highest BCUT2D eigenvalue weighted by atomic mass is 32.2. The van der Waals surface area contributed by atoms with Crippen molar-refractivity contribution in [2.45, 2.75) is 37.5 Å². The van der Waals surface area contributed by atoms with Gasteiger partial charge < -0.3 is 0 Å². The van der Waals surface area contributed by atoms with Crippen molar-refractivity contribution in [2.75, 3.05) is 11.5 Å². The Morgan fingerprint density at radius 1 is 0.686 bits per heavy atom. The van der Waals surface area contributed by atoms with Crippen LogP contribution in [0.25, 0.3) is 0 Å². The molecule has 8 heteroatoms. The SMILES string of the molecule is CC.Cc1ccc(S(=O)(=O)CC(CS(=O)(=O)c2ccc(C)cc2)C(=O)c2ccc(C=O)cc2)cc1. The molecule has 0 unspecified atom stereocenters. The van der Waals surface area contributed by atoms with E-state index in [-0.39, 0.29) is 15.4 Å². The number of aldehydes is 1. The number of rotatable bonds is 9. The topological polar surface area (TPSA) is 102 Å². The minimum absolute atomic E-state index is 0.0231. The van der Waals surface area contributed by atoms with Gasteiger partial charge in [0.2, 0.25) is 0 Å². The van der Waals surface area contributed by atoms with Crippen LogP contribution in [-0.4, -0.2) is 40.4 Å². The number of sulfone groups is 2. The van der Waals surface area contributed by atoms with E-state index in [0.717, 1.165) is 11.1 Å². The zero-order valence-electron chi connectivity index (χ0n) is 20.3. The Morgan fingerprint density at radius 3 is 1.40 bits per heavy atom. The van der Waals surface area contributed by atoms with Gasteiger partial charge in [-0.2, -0.15) is 0 Å². The monoisotopic (exact) mass is 514 g/mol. The number of ketones is 1. The van der Waals surface area contributed by atoms with Gasteiger partial charge in [-0.15, -0.1) is 0 Å². The molecule has 0 bridgehead atoms. The van der Waals surface area contributed by atoms with E-state index in [0.29, 0.717) is 11.8 Å². The van der Waals surface area contributed by atoms with Crippen LogP contribution in [0.3, 0.4) is 0 Å². The van der Waals surface area contributed by atoms with E-state index in [2.05, 4.69) is 0 Å². The van der Waals surface area contributed by atoms with Gasteiger partial charge >= 0.3 is 0 Å². The normalized spacial score (nSPS) is 11.5. The van der Waals surface area contributed by atoms with E-state index in [4.69, 9.17) is 0 Å². The van der Waals surface area contributed by atoms with Crippen molar-refractivity contribution in [3.8, 4) is 0 Å². The zero-order valence-corrected chi connectivity index (χ0v) is 21.9. The number of hydrogen-bond acceptors (Lipinski definition) is 6. The Kier molecular flexibility index (Phi) is 9.68. The molecule has 0 aliphatic carbocycles. The largest absolute Gasteiger partial charge is 0.298 e.